The van der Waals surface area contributed by atoms with Crippen molar-refractivity contribution in [3.8, 4) is 0 Å². The van der Waals surface area contributed by atoms with Gasteiger partial charge in [-0.15, -0.1) is 0 Å². The maximum atomic E-state index is 13.3. The molecule has 20 nitrogen and oxygen atoms in total. The Kier molecular flexibility index (Phi) is 14.9. The predicted octanol–water partition coefficient (Wildman–Crippen LogP) is -6.26. The molecule has 0 saturated carbocycles. The zero-order valence-corrected chi connectivity index (χ0v) is 24.2. The number of likely N-dealkylation sites (tertiary alicyclic amines) is 1. The van der Waals surface area contributed by atoms with Crippen LogP contribution in [0, 0.1) is 0 Å². The van der Waals surface area contributed by atoms with Crippen molar-refractivity contribution in [1.82, 2.24) is 20.9 Å². The molecule has 0 aromatic rings. The number of carbonyl (C=O) groups is 6. The molecule has 43 heavy (non-hydrogen) atoms. The Hall–Kier alpha value is -3.92. The van der Waals surface area contributed by atoms with Crippen LogP contribution in [0.25, 0.3) is 0 Å². The van der Waals surface area contributed by atoms with Gasteiger partial charge >= 0.3 is 11.9 Å². The van der Waals surface area contributed by atoms with Gasteiger partial charge in [-0.05, 0) is 32.6 Å². The Bertz CT molecular complexity index is 1180. The summed E-state index contributed by atoms with van der Waals surface area (Å²) in [5.74, 6) is -7.65. The number of carbonyl (C=O) groups excluding carboxylic acids is 6. The number of hydrogen-bond acceptors (Lipinski definition) is 13. The van der Waals surface area contributed by atoms with E-state index in [4.69, 9.17) is 32.2 Å². The summed E-state index contributed by atoms with van der Waals surface area (Å²) in [7, 11) is -4.79. The van der Waals surface area contributed by atoms with E-state index in [0.717, 1.165) is 11.8 Å². The quantitative estimate of drug-likeness (QED) is 0.0190. The zero-order chi connectivity index (χ0) is 32.9. The molecule has 1 saturated heterocycles. The van der Waals surface area contributed by atoms with E-state index in [1.165, 1.54) is 0 Å². The van der Waals surface area contributed by atoms with Gasteiger partial charge in [-0.2, -0.15) is 8.42 Å². The summed E-state index contributed by atoms with van der Waals surface area (Å²) in [4.78, 5) is 80.0. The van der Waals surface area contributed by atoms with E-state index in [9.17, 15) is 42.3 Å². The standard InChI is InChI=1S/C22H39N9O11S/c1-11(32)17(30-18(35)13(10-43(39,40)41)29-16(34)9-24)19(36)31-7-3-5-14(31)21(38)42-20(37)12(28-15(33)8-23)4-2-6-27-22(25)26/h11-14,17,32H,2-10,23-24H2,1H3,(H,28,33)(H,29,34)(H,30,35)(H4,25,26,27)(H,39,40,41)/t11-,12+,13+,14+,17+/m1/s1. The number of amides is 4. The lowest BCUT2D eigenvalue weighted by Crippen LogP contribution is -2.60. The van der Waals surface area contributed by atoms with Gasteiger partial charge in [0, 0.05) is 13.1 Å². The lowest BCUT2D eigenvalue weighted by atomic mass is 10.1. The van der Waals surface area contributed by atoms with Gasteiger partial charge in [0.1, 0.15) is 29.9 Å². The molecule has 0 aliphatic carbocycles. The van der Waals surface area contributed by atoms with Gasteiger partial charge in [0.25, 0.3) is 10.1 Å². The first-order valence-corrected chi connectivity index (χ1v) is 14.6. The lowest BCUT2D eigenvalue weighted by molar-refractivity contribution is -0.167. The highest BCUT2D eigenvalue weighted by Crippen LogP contribution is 2.21. The molecule has 1 aliphatic rings. The molecule has 21 heteroatoms. The molecule has 0 spiro atoms. The van der Waals surface area contributed by atoms with Crippen molar-refractivity contribution >= 4 is 51.6 Å². The average Bonchev–Trinajstić information content (AvgIpc) is 3.41. The Labute approximate surface area is 247 Å². The van der Waals surface area contributed by atoms with E-state index in [-0.39, 0.29) is 44.7 Å². The summed E-state index contributed by atoms with van der Waals surface area (Å²) >= 11 is 0. The summed E-state index contributed by atoms with van der Waals surface area (Å²) in [5, 5.41) is 16.7. The van der Waals surface area contributed by atoms with Crippen LogP contribution in [-0.4, -0.2) is 127 Å². The molecule has 4 amide bonds. The van der Waals surface area contributed by atoms with Crippen LogP contribution in [0.4, 0.5) is 0 Å². The van der Waals surface area contributed by atoms with Crippen molar-refractivity contribution in [1.29, 1.82) is 0 Å². The van der Waals surface area contributed by atoms with Gasteiger partial charge < -0.3 is 53.6 Å². The van der Waals surface area contributed by atoms with E-state index in [1.54, 1.807) is 0 Å². The largest absolute Gasteiger partial charge is 0.391 e. The third-order valence-corrected chi connectivity index (χ3v) is 6.77. The maximum Gasteiger partial charge on any atom is 0.336 e. The van der Waals surface area contributed by atoms with E-state index in [2.05, 4.69) is 15.6 Å². The summed E-state index contributed by atoms with van der Waals surface area (Å²) < 4.78 is 36.8. The number of rotatable bonds is 16. The zero-order valence-electron chi connectivity index (χ0n) is 23.4. The third kappa shape index (κ3) is 12.9. The minimum absolute atomic E-state index is 0.0243. The van der Waals surface area contributed by atoms with E-state index < -0.39 is 94.8 Å². The van der Waals surface area contributed by atoms with Crippen LogP contribution in [0.5, 0.6) is 0 Å². The summed E-state index contributed by atoms with van der Waals surface area (Å²) in [5.41, 5.74) is 21.0. The van der Waals surface area contributed by atoms with E-state index >= 15 is 0 Å². The fourth-order valence-electron chi connectivity index (χ4n) is 3.99. The number of aliphatic hydroxyl groups excluding tert-OH is 1. The van der Waals surface area contributed by atoms with Crippen LogP contribution in [0.2, 0.25) is 0 Å². The van der Waals surface area contributed by atoms with E-state index in [0.29, 0.717) is 0 Å². The molecule has 5 atom stereocenters. The molecule has 1 heterocycles. The third-order valence-electron chi connectivity index (χ3n) is 6.02. The lowest BCUT2D eigenvalue weighted by Gasteiger charge is -2.30. The van der Waals surface area contributed by atoms with Gasteiger partial charge in [0.2, 0.25) is 23.6 Å². The predicted molar refractivity (Wildman–Crippen MR) is 148 cm³/mol. The minimum atomic E-state index is -4.79. The number of hydrogen-bond donors (Lipinski definition) is 9. The first-order valence-electron chi connectivity index (χ1n) is 13.0. The van der Waals surface area contributed by atoms with Crippen LogP contribution >= 0.6 is 0 Å². The number of aliphatic imine (C=N–C) groups is 1. The molecule has 244 valence electrons. The second-order valence-corrected chi connectivity index (χ2v) is 11.0. The highest BCUT2D eigenvalue weighted by Gasteiger charge is 2.42. The number of nitrogens with one attached hydrogen (secondary N) is 3. The number of nitrogens with two attached hydrogens (primary N) is 4. The van der Waals surface area contributed by atoms with Crippen LogP contribution in [0.15, 0.2) is 4.99 Å². The smallest absolute Gasteiger partial charge is 0.336 e. The fraction of sp³-hybridized carbons (Fsp3) is 0.682. The highest BCUT2D eigenvalue weighted by atomic mass is 32.2. The first kappa shape index (κ1) is 37.1. The van der Waals surface area contributed by atoms with Gasteiger partial charge in [0.15, 0.2) is 5.96 Å². The number of aliphatic hydroxyl groups is 1. The number of nitrogens with zero attached hydrogens (tertiary/aromatic N) is 2. The first-order chi connectivity index (χ1) is 20.0. The van der Waals surface area contributed by atoms with Crippen molar-refractivity contribution in [2.45, 2.75) is 62.9 Å². The highest BCUT2D eigenvalue weighted by molar-refractivity contribution is 7.85. The van der Waals surface area contributed by atoms with Crippen molar-refractivity contribution < 1.29 is 51.6 Å². The van der Waals surface area contributed by atoms with E-state index in [1.807, 2.05) is 5.32 Å². The van der Waals surface area contributed by atoms with Crippen molar-refractivity contribution in [3.05, 3.63) is 0 Å². The molecule has 0 aromatic heterocycles. The second kappa shape index (κ2) is 17.3. The second-order valence-electron chi connectivity index (χ2n) is 9.50. The summed E-state index contributed by atoms with van der Waals surface area (Å²) in [6.07, 6.45) is -1.09. The molecule has 1 rings (SSSR count). The van der Waals surface area contributed by atoms with Gasteiger partial charge in [-0.1, -0.05) is 0 Å². The fourth-order valence-corrected chi connectivity index (χ4v) is 4.64. The van der Waals surface area contributed by atoms with Gasteiger partial charge in [-0.3, -0.25) is 28.7 Å². The van der Waals surface area contributed by atoms with Crippen molar-refractivity contribution in [3.63, 3.8) is 0 Å². The monoisotopic (exact) mass is 637 g/mol. The minimum Gasteiger partial charge on any atom is -0.391 e. The van der Waals surface area contributed by atoms with Crippen LogP contribution in [0.3, 0.4) is 0 Å². The van der Waals surface area contributed by atoms with Crippen LogP contribution < -0.4 is 38.9 Å². The molecule has 0 radical (unpaired) electrons. The number of ether oxygens (including phenoxy) is 1. The van der Waals surface area contributed by atoms with Gasteiger partial charge in [-0.25, -0.2) is 9.59 Å². The number of guanidine groups is 1. The Balaban J connectivity index is 3.06. The Morgan fingerprint density at radius 3 is 2.12 bits per heavy atom. The SMILES string of the molecule is C[C@@H](O)[C@H](NC(=O)[C@H](CS(=O)(=O)O)NC(=O)CN)C(=O)N1CCC[C@H]1C(=O)OC(=O)[C@H](CCCN=C(N)N)NC(=O)CN. The Morgan fingerprint density at radius 1 is 1.02 bits per heavy atom. The molecular formula is C22H39N9O11S. The molecule has 13 N–H and O–H groups in total. The van der Waals surface area contributed by atoms with Gasteiger partial charge in [0.05, 0.1) is 19.2 Å². The van der Waals surface area contributed by atoms with Crippen LogP contribution in [-0.2, 0) is 43.6 Å². The summed E-state index contributed by atoms with van der Waals surface area (Å²) in [6.45, 7) is 0.105. The molecule has 1 fully saturated rings. The Morgan fingerprint density at radius 2 is 1.60 bits per heavy atom. The molecule has 0 unspecified atom stereocenters. The topological polar surface area (TPSA) is 342 Å². The molecular weight excluding hydrogens is 598 g/mol. The maximum absolute atomic E-state index is 13.3. The van der Waals surface area contributed by atoms with Crippen molar-refractivity contribution in [2.24, 2.45) is 27.9 Å². The normalized spacial score (nSPS) is 17.5. The molecule has 0 aromatic carbocycles. The molecule has 1 aliphatic heterocycles. The number of esters is 2. The average molecular weight is 638 g/mol. The summed E-state index contributed by atoms with van der Waals surface area (Å²) in [6, 6.07) is -6.26. The van der Waals surface area contributed by atoms with Crippen molar-refractivity contribution in [2.75, 3.05) is 31.9 Å². The van der Waals surface area contributed by atoms with Crippen LogP contribution in [0.1, 0.15) is 32.6 Å². The molecule has 0 bridgehead atoms.